The lowest BCUT2D eigenvalue weighted by molar-refractivity contribution is 0.602. The van der Waals surface area contributed by atoms with E-state index in [1.807, 2.05) is 36.5 Å². The zero-order valence-corrected chi connectivity index (χ0v) is 8.38. The standard InChI is InChI=1S/C9H8N2.F2OS/c1-2-4-8(5-3-1)9-6-10-7-11-9;1-4(2)3/h1-7H,(H,10,11);. The van der Waals surface area contributed by atoms with Gasteiger partial charge in [-0.25, -0.2) is 4.98 Å². The topological polar surface area (TPSA) is 45.8 Å². The van der Waals surface area contributed by atoms with Gasteiger partial charge in [0.25, 0.3) is 0 Å². The lowest BCUT2D eigenvalue weighted by Gasteiger charge is -1.93. The SMILES string of the molecule is O=S(F)F.c1ccc(-c2cnc[nH]2)cc1. The molecule has 0 radical (unpaired) electrons. The molecule has 0 spiro atoms. The minimum atomic E-state index is -3.61. The average Bonchev–Trinajstić information content (AvgIpc) is 2.71. The van der Waals surface area contributed by atoms with Crippen LogP contribution in [0.4, 0.5) is 7.77 Å². The molecule has 0 saturated carbocycles. The molecular weight excluding hydrogens is 222 g/mol. The highest BCUT2D eigenvalue weighted by Gasteiger charge is 1.94. The number of imidazole rings is 1. The molecule has 1 heterocycles. The summed E-state index contributed by atoms with van der Waals surface area (Å²) in [5.74, 6) is 0. The minimum Gasteiger partial charge on any atom is -0.345 e. The van der Waals surface area contributed by atoms with Crippen molar-refractivity contribution in [2.24, 2.45) is 0 Å². The van der Waals surface area contributed by atoms with Gasteiger partial charge in [0.1, 0.15) is 0 Å². The van der Waals surface area contributed by atoms with E-state index in [-0.39, 0.29) is 0 Å². The van der Waals surface area contributed by atoms with E-state index in [0.29, 0.717) is 0 Å². The van der Waals surface area contributed by atoms with Crippen molar-refractivity contribution in [2.45, 2.75) is 0 Å². The number of rotatable bonds is 1. The van der Waals surface area contributed by atoms with Crippen LogP contribution in [0.1, 0.15) is 0 Å². The van der Waals surface area contributed by atoms with Gasteiger partial charge in [0.05, 0.1) is 18.2 Å². The van der Waals surface area contributed by atoms with E-state index >= 15 is 0 Å². The first-order chi connectivity index (χ1) is 7.20. The normalized spacial score (nSPS) is 9.53. The van der Waals surface area contributed by atoms with Crippen molar-refractivity contribution in [1.82, 2.24) is 9.97 Å². The molecule has 0 aliphatic carbocycles. The molecule has 3 nitrogen and oxygen atoms in total. The largest absolute Gasteiger partial charge is 0.385 e. The Morgan fingerprint density at radius 1 is 1.20 bits per heavy atom. The molecule has 0 atom stereocenters. The Morgan fingerprint density at radius 3 is 2.27 bits per heavy atom. The number of H-pyrrole nitrogens is 1. The van der Waals surface area contributed by atoms with Crippen molar-refractivity contribution >= 4 is 11.6 Å². The minimum absolute atomic E-state index is 1.06. The predicted molar refractivity (Wildman–Crippen MR) is 54.4 cm³/mol. The number of nitrogens with one attached hydrogen (secondary N) is 1. The van der Waals surface area contributed by atoms with Gasteiger partial charge in [-0.3, -0.25) is 0 Å². The van der Waals surface area contributed by atoms with Crippen molar-refractivity contribution in [3.05, 3.63) is 42.9 Å². The van der Waals surface area contributed by atoms with Crippen molar-refractivity contribution < 1.29 is 12.0 Å². The second-order valence-electron chi connectivity index (χ2n) is 2.52. The molecule has 2 aromatic rings. The maximum atomic E-state index is 9.81. The van der Waals surface area contributed by atoms with Crippen LogP contribution in [0.25, 0.3) is 11.3 Å². The first-order valence-corrected chi connectivity index (χ1v) is 4.93. The Bertz CT molecular complexity index is 401. The molecule has 0 aliphatic rings. The Balaban J connectivity index is 0.000000245. The number of hydrogen-bond acceptors (Lipinski definition) is 2. The van der Waals surface area contributed by atoms with Gasteiger partial charge in [0.2, 0.25) is 0 Å². The second kappa shape index (κ2) is 6.02. The predicted octanol–water partition coefficient (Wildman–Crippen LogP) is 2.58. The monoisotopic (exact) mass is 230 g/mol. The second-order valence-corrected chi connectivity index (χ2v) is 2.88. The number of benzene rings is 1. The van der Waals surface area contributed by atoms with Crippen LogP contribution in [0.3, 0.4) is 0 Å². The molecule has 0 fully saturated rings. The summed E-state index contributed by atoms with van der Waals surface area (Å²) in [6.07, 6.45) is 3.50. The third kappa shape index (κ3) is 4.46. The van der Waals surface area contributed by atoms with E-state index in [9.17, 15) is 7.77 Å². The molecule has 1 aromatic heterocycles. The van der Waals surface area contributed by atoms with Crippen molar-refractivity contribution in [2.75, 3.05) is 0 Å². The number of halogens is 2. The Hall–Kier alpha value is -1.56. The summed E-state index contributed by atoms with van der Waals surface area (Å²) in [6, 6.07) is 10.1. The van der Waals surface area contributed by atoms with Gasteiger partial charge >= 0.3 is 11.6 Å². The molecule has 2 rings (SSSR count). The van der Waals surface area contributed by atoms with Gasteiger partial charge < -0.3 is 4.98 Å². The van der Waals surface area contributed by atoms with Crippen LogP contribution >= 0.6 is 0 Å². The van der Waals surface area contributed by atoms with Crippen LogP contribution < -0.4 is 0 Å². The number of aromatic nitrogens is 2. The molecule has 0 saturated heterocycles. The van der Waals surface area contributed by atoms with E-state index < -0.39 is 11.6 Å². The maximum absolute atomic E-state index is 9.81. The Labute approximate surface area is 88.2 Å². The zero-order chi connectivity index (χ0) is 11.1. The summed E-state index contributed by atoms with van der Waals surface area (Å²) in [5.41, 5.74) is 2.23. The molecule has 1 N–H and O–H groups in total. The Kier molecular flexibility index (Phi) is 4.62. The van der Waals surface area contributed by atoms with Crippen LogP contribution in [0.5, 0.6) is 0 Å². The van der Waals surface area contributed by atoms with Crippen LogP contribution in [-0.2, 0) is 11.6 Å². The lowest BCUT2D eigenvalue weighted by atomic mass is 10.2. The average molecular weight is 230 g/mol. The van der Waals surface area contributed by atoms with Crippen LogP contribution in [0.2, 0.25) is 0 Å². The van der Waals surface area contributed by atoms with Crippen molar-refractivity contribution in [3.8, 4) is 11.3 Å². The molecule has 0 aliphatic heterocycles. The van der Waals surface area contributed by atoms with E-state index in [1.165, 1.54) is 5.56 Å². The molecule has 15 heavy (non-hydrogen) atoms. The van der Waals surface area contributed by atoms with E-state index in [1.54, 1.807) is 6.33 Å². The Morgan fingerprint density at radius 2 is 1.80 bits per heavy atom. The molecule has 1 aromatic carbocycles. The van der Waals surface area contributed by atoms with Gasteiger partial charge in [0.15, 0.2) is 0 Å². The fraction of sp³-hybridized carbons (Fsp3) is 0. The summed E-state index contributed by atoms with van der Waals surface area (Å²) in [5, 5.41) is 0. The first-order valence-electron chi connectivity index (χ1n) is 3.98. The highest BCUT2D eigenvalue weighted by Crippen LogP contribution is 2.13. The van der Waals surface area contributed by atoms with Crippen molar-refractivity contribution in [3.63, 3.8) is 0 Å². The van der Waals surface area contributed by atoms with E-state index in [4.69, 9.17) is 4.21 Å². The maximum Gasteiger partial charge on any atom is 0.385 e. The number of nitrogens with zero attached hydrogens (tertiary/aromatic N) is 1. The quantitative estimate of drug-likeness (QED) is 0.765. The van der Waals surface area contributed by atoms with Crippen LogP contribution in [-0.4, -0.2) is 14.2 Å². The summed E-state index contributed by atoms with van der Waals surface area (Å²) in [4.78, 5) is 6.99. The van der Waals surface area contributed by atoms with Gasteiger partial charge in [-0.05, 0) is 5.56 Å². The molecule has 80 valence electrons. The molecular formula is C9H8F2N2OS. The van der Waals surface area contributed by atoms with Crippen LogP contribution in [0.15, 0.2) is 42.9 Å². The molecule has 6 heteroatoms. The summed E-state index contributed by atoms with van der Waals surface area (Å²) in [6.45, 7) is 0. The highest BCUT2D eigenvalue weighted by atomic mass is 32.2. The smallest absolute Gasteiger partial charge is 0.345 e. The number of aromatic amines is 1. The molecule has 0 bridgehead atoms. The van der Waals surface area contributed by atoms with Gasteiger partial charge in [0, 0.05) is 0 Å². The zero-order valence-electron chi connectivity index (χ0n) is 7.56. The fourth-order valence-electron chi connectivity index (χ4n) is 1.03. The van der Waals surface area contributed by atoms with Gasteiger partial charge in [-0.2, -0.15) is 4.21 Å². The first kappa shape index (κ1) is 11.5. The van der Waals surface area contributed by atoms with Gasteiger partial charge in [-0.1, -0.05) is 38.1 Å². The molecule has 0 amide bonds. The van der Waals surface area contributed by atoms with E-state index in [2.05, 4.69) is 9.97 Å². The fourth-order valence-corrected chi connectivity index (χ4v) is 1.03. The number of hydrogen-bond donors (Lipinski definition) is 1. The summed E-state index contributed by atoms with van der Waals surface area (Å²) >= 11 is -3.61. The van der Waals surface area contributed by atoms with Crippen LogP contribution in [0, 0.1) is 0 Å². The molecule has 0 unspecified atom stereocenters. The van der Waals surface area contributed by atoms with E-state index in [0.717, 1.165) is 5.69 Å². The summed E-state index contributed by atoms with van der Waals surface area (Å²) < 4.78 is 27.8. The summed E-state index contributed by atoms with van der Waals surface area (Å²) in [7, 11) is 0. The highest BCUT2D eigenvalue weighted by molar-refractivity contribution is 7.74. The lowest BCUT2D eigenvalue weighted by Crippen LogP contribution is -1.73. The van der Waals surface area contributed by atoms with Crippen molar-refractivity contribution in [1.29, 1.82) is 0 Å². The third-order valence-corrected chi connectivity index (χ3v) is 1.58. The van der Waals surface area contributed by atoms with Gasteiger partial charge in [-0.15, -0.1) is 0 Å². The third-order valence-electron chi connectivity index (χ3n) is 1.58.